The molecule has 0 unspecified atom stereocenters. The number of sulfonamides is 1. The minimum Gasteiger partial charge on any atom is -0.381 e. The first-order valence-electron chi connectivity index (χ1n) is 6.20. The van der Waals surface area contributed by atoms with Crippen LogP contribution in [0.1, 0.15) is 6.42 Å². The van der Waals surface area contributed by atoms with Gasteiger partial charge in [-0.2, -0.15) is 0 Å². The van der Waals surface area contributed by atoms with Crippen LogP contribution in [0.15, 0.2) is 29.2 Å². The Balaban J connectivity index is 1.84. The van der Waals surface area contributed by atoms with Crippen LogP contribution in [0.4, 0.5) is 10.5 Å². The number of carbonyl (C=O) groups excluding carboxylic acids is 1. The van der Waals surface area contributed by atoms with E-state index in [9.17, 15) is 13.2 Å². The number of rotatable bonds is 4. The molecule has 20 heavy (non-hydrogen) atoms. The predicted molar refractivity (Wildman–Crippen MR) is 73.8 cm³/mol. The summed E-state index contributed by atoms with van der Waals surface area (Å²) in [5.41, 5.74) is 0.498. The minimum absolute atomic E-state index is 0.00608. The van der Waals surface area contributed by atoms with E-state index in [-0.39, 0.29) is 10.9 Å². The Morgan fingerprint density at radius 2 is 2.05 bits per heavy atom. The van der Waals surface area contributed by atoms with E-state index in [1.807, 2.05) is 0 Å². The van der Waals surface area contributed by atoms with Gasteiger partial charge in [-0.3, -0.25) is 0 Å². The molecule has 2 amide bonds. The topological polar surface area (TPSA) is 111 Å². The van der Waals surface area contributed by atoms with Crippen LogP contribution < -0.4 is 15.8 Å². The molecule has 7 nitrogen and oxygen atoms in total. The molecule has 0 aliphatic carbocycles. The number of nitrogens with two attached hydrogens (primary N) is 1. The zero-order valence-corrected chi connectivity index (χ0v) is 11.7. The Morgan fingerprint density at radius 1 is 1.35 bits per heavy atom. The van der Waals surface area contributed by atoms with Crippen molar-refractivity contribution >= 4 is 21.7 Å². The van der Waals surface area contributed by atoms with Crippen LogP contribution in [0, 0.1) is 5.92 Å². The van der Waals surface area contributed by atoms with Gasteiger partial charge in [0, 0.05) is 24.8 Å². The van der Waals surface area contributed by atoms with E-state index >= 15 is 0 Å². The molecule has 0 saturated carbocycles. The molecular formula is C12H17N3O4S. The van der Waals surface area contributed by atoms with Crippen LogP contribution in [-0.2, 0) is 14.8 Å². The molecule has 1 aliphatic rings. The molecule has 1 aliphatic heterocycles. The fraction of sp³-hybridized carbons (Fsp3) is 0.417. The first kappa shape index (κ1) is 14.8. The lowest BCUT2D eigenvalue weighted by atomic mass is 10.1. The second-order valence-electron chi connectivity index (χ2n) is 4.63. The quantitative estimate of drug-likeness (QED) is 0.751. The van der Waals surface area contributed by atoms with E-state index < -0.39 is 10.0 Å². The molecule has 1 saturated heterocycles. The van der Waals surface area contributed by atoms with E-state index in [0.717, 1.165) is 13.0 Å². The maximum absolute atomic E-state index is 11.6. The van der Waals surface area contributed by atoms with E-state index in [2.05, 4.69) is 10.6 Å². The molecule has 2 rings (SSSR count). The van der Waals surface area contributed by atoms with Gasteiger partial charge in [0.2, 0.25) is 10.0 Å². The van der Waals surface area contributed by atoms with Crippen LogP contribution in [0.5, 0.6) is 0 Å². The van der Waals surface area contributed by atoms with Crippen LogP contribution in [0.2, 0.25) is 0 Å². The Hall–Kier alpha value is -1.64. The number of urea groups is 1. The summed E-state index contributed by atoms with van der Waals surface area (Å²) in [5, 5.41) is 10.3. The van der Waals surface area contributed by atoms with Crippen molar-refractivity contribution in [1.29, 1.82) is 0 Å². The standard InChI is InChI=1S/C12H17N3O4S/c13-20(17,18)11-3-1-10(2-4-11)15-12(16)14-7-9-5-6-19-8-9/h1-4,9H,5-8H2,(H2,13,17,18)(H2,14,15,16)/t9-/m0/s1. The third-order valence-corrected chi connectivity index (χ3v) is 3.95. The zero-order chi connectivity index (χ0) is 14.6. The highest BCUT2D eigenvalue weighted by atomic mass is 32.2. The van der Waals surface area contributed by atoms with Gasteiger partial charge in [-0.15, -0.1) is 0 Å². The van der Waals surface area contributed by atoms with Gasteiger partial charge in [-0.05, 0) is 30.7 Å². The molecule has 4 N–H and O–H groups in total. The van der Waals surface area contributed by atoms with Crippen LogP contribution >= 0.6 is 0 Å². The first-order chi connectivity index (χ1) is 9.45. The van der Waals surface area contributed by atoms with Gasteiger partial charge in [0.25, 0.3) is 0 Å². The third-order valence-electron chi connectivity index (χ3n) is 3.02. The number of hydrogen-bond donors (Lipinski definition) is 3. The van der Waals surface area contributed by atoms with Crippen LogP contribution in [0.3, 0.4) is 0 Å². The van der Waals surface area contributed by atoms with E-state index in [1.165, 1.54) is 24.3 Å². The molecule has 0 aromatic heterocycles. The Kier molecular flexibility index (Phi) is 4.58. The zero-order valence-electron chi connectivity index (χ0n) is 10.8. The predicted octanol–water partition coefficient (Wildman–Crippen LogP) is 0.492. The molecule has 1 fully saturated rings. The average molecular weight is 299 g/mol. The monoisotopic (exact) mass is 299 g/mol. The molecule has 1 aromatic carbocycles. The van der Waals surface area contributed by atoms with Gasteiger partial charge in [-0.25, -0.2) is 18.4 Å². The summed E-state index contributed by atoms with van der Waals surface area (Å²) in [6, 6.07) is 5.32. The number of nitrogens with one attached hydrogen (secondary N) is 2. The van der Waals surface area contributed by atoms with Crippen molar-refractivity contribution in [3.63, 3.8) is 0 Å². The number of primary sulfonamides is 1. The number of benzene rings is 1. The third kappa shape index (κ3) is 4.19. The van der Waals surface area contributed by atoms with Crippen LogP contribution in [-0.4, -0.2) is 34.2 Å². The fourth-order valence-electron chi connectivity index (χ4n) is 1.88. The highest BCUT2D eigenvalue weighted by Gasteiger charge is 2.16. The van der Waals surface area contributed by atoms with Crippen LogP contribution in [0.25, 0.3) is 0 Å². The van der Waals surface area contributed by atoms with Gasteiger partial charge >= 0.3 is 6.03 Å². The Morgan fingerprint density at radius 3 is 2.60 bits per heavy atom. The molecular weight excluding hydrogens is 282 g/mol. The first-order valence-corrected chi connectivity index (χ1v) is 7.75. The lowest BCUT2D eigenvalue weighted by Gasteiger charge is -2.11. The number of carbonyl (C=O) groups is 1. The maximum Gasteiger partial charge on any atom is 0.319 e. The van der Waals surface area contributed by atoms with Gasteiger partial charge in [0.15, 0.2) is 0 Å². The van der Waals surface area contributed by atoms with Crippen molar-refractivity contribution in [1.82, 2.24) is 5.32 Å². The average Bonchev–Trinajstić information content (AvgIpc) is 2.89. The summed E-state index contributed by atoms with van der Waals surface area (Å²) >= 11 is 0. The molecule has 0 spiro atoms. The number of anilines is 1. The summed E-state index contributed by atoms with van der Waals surface area (Å²) in [6.45, 7) is 1.97. The Labute approximate surface area is 117 Å². The van der Waals surface area contributed by atoms with E-state index in [0.29, 0.717) is 24.8 Å². The highest BCUT2D eigenvalue weighted by Crippen LogP contribution is 2.13. The van der Waals surface area contributed by atoms with Crippen molar-refractivity contribution in [2.45, 2.75) is 11.3 Å². The molecule has 1 atom stereocenters. The molecule has 0 bridgehead atoms. The van der Waals surface area contributed by atoms with Gasteiger partial charge in [0.1, 0.15) is 0 Å². The lowest BCUT2D eigenvalue weighted by Crippen LogP contribution is -2.33. The molecule has 1 aromatic rings. The number of amides is 2. The van der Waals surface area contributed by atoms with Gasteiger partial charge in [0.05, 0.1) is 11.5 Å². The summed E-state index contributed by atoms with van der Waals surface area (Å²) < 4.78 is 27.4. The van der Waals surface area contributed by atoms with Crippen molar-refractivity contribution < 1.29 is 17.9 Å². The number of hydrogen-bond acceptors (Lipinski definition) is 4. The molecule has 1 heterocycles. The summed E-state index contributed by atoms with van der Waals surface area (Å²) in [7, 11) is -3.71. The second kappa shape index (κ2) is 6.21. The summed E-state index contributed by atoms with van der Waals surface area (Å²) in [6.07, 6.45) is 0.948. The van der Waals surface area contributed by atoms with Gasteiger partial charge < -0.3 is 15.4 Å². The summed E-state index contributed by atoms with van der Waals surface area (Å²) in [5.74, 6) is 0.352. The fourth-order valence-corrected chi connectivity index (χ4v) is 2.40. The maximum atomic E-state index is 11.6. The van der Waals surface area contributed by atoms with E-state index in [4.69, 9.17) is 9.88 Å². The summed E-state index contributed by atoms with van der Waals surface area (Å²) in [4.78, 5) is 11.7. The van der Waals surface area contributed by atoms with Crippen molar-refractivity contribution in [3.05, 3.63) is 24.3 Å². The minimum atomic E-state index is -3.71. The van der Waals surface area contributed by atoms with Gasteiger partial charge in [-0.1, -0.05) is 0 Å². The van der Waals surface area contributed by atoms with Crippen molar-refractivity contribution in [3.8, 4) is 0 Å². The van der Waals surface area contributed by atoms with E-state index in [1.54, 1.807) is 0 Å². The SMILES string of the molecule is NS(=O)(=O)c1ccc(NC(=O)NC[C@@H]2CCOC2)cc1. The normalized spacial score (nSPS) is 18.8. The largest absolute Gasteiger partial charge is 0.381 e. The molecule has 0 radical (unpaired) electrons. The molecule has 8 heteroatoms. The van der Waals surface area contributed by atoms with Crippen molar-refractivity contribution in [2.24, 2.45) is 11.1 Å². The lowest BCUT2D eigenvalue weighted by molar-refractivity contribution is 0.185. The smallest absolute Gasteiger partial charge is 0.319 e. The number of ether oxygens (including phenoxy) is 1. The molecule has 110 valence electrons. The van der Waals surface area contributed by atoms with Crippen molar-refractivity contribution in [2.75, 3.05) is 25.1 Å². The highest BCUT2D eigenvalue weighted by molar-refractivity contribution is 7.89. The second-order valence-corrected chi connectivity index (χ2v) is 6.20. The Bertz CT molecular complexity index is 565.